The molecule has 3 rings (SSSR count). The van der Waals surface area contributed by atoms with Gasteiger partial charge < -0.3 is 10.4 Å². The highest BCUT2D eigenvalue weighted by Crippen LogP contribution is 2.18. The third kappa shape index (κ3) is 5.32. The zero-order valence-electron chi connectivity index (χ0n) is 15.6. The van der Waals surface area contributed by atoms with Gasteiger partial charge in [-0.15, -0.1) is 0 Å². The van der Waals surface area contributed by atoms with Crippen LogP contribution in [0.2, 0.25) is 0 Å². The summed E-state index contributed by atoms with van der Waals surface area (Å²) >= 11 is 0. The van der Waals surface area contributed by atoms with Gasteiger partial charge in [0.1, 0.15) is 11.6 Å². The second-order valence-corrected chi connectivity index (χ2v) is 6.63. The second kappa shape index (κ2) is 8.74. The number of nitrogens with one attached hydrogen (secondary N) is 1. The Bertz CT molecular complexity index is 1080. The van der Waals surface area contributed by atoms with Crippen molar-refractivity contribution in [3.05, 3.63) is 87.7 Å². The number of carbonyl (C=O) groups excluding carboxylic acids is 1. The first-order valence-corrected chi connectivity index (χ1v) is 8.91. The highest BCUT2D eigenvalue weighted by Gasteiger charge is 2.10. The molecule has 0 aliphatic rings. The summed E-state index contributed by atoms with van der Waals surface area (Å²) in [6.07, 6.45) is -0.666. The van der Waals surface area contributed by atoms with Crippen molar-refractivity contribution >= 4 is 5.91 Å². The molecule has 150 valence electrons. The number of hydrogen-bond donors (Lipinski definition) is 2. The third-order valence-corrected chi connectivity index (χ3v) is 4.10. The zero-order valence-corrected chi connectivity index (χ0v) is 15.6. The van der Waals surface area contributed by atoms with Gasteiger partial charge >= 0.3 is 0 Å². The maximum Gasteiger partial charge on any atom is 0.267 e. The Labute approximate surface area is 165 Å². The maximum absolute atomic E-state index is 13.5. The van der Waals surface area contributed by atoms with Crippen molar-refractivity contribution in [3.8, 4) is 11.3 Å². The molecule has 8 heteroatoms. The fourth-order valence-corrected chi connectivity index (χ4v) is 2.74. The monoisotopic (exact) mass is 399 g/mol. The molecule has 1 heterocycles. The van der Waals surface area contributed by atoms with E-state index in [4.69, 9.17) is 0 Å². The zero-order chi connectivity index (χ0) is 21.0. The highest BCUT2D eigenvalue weighted by atomic mass is 19.1. The molecule has 1 unspecified atom stereocenters. The Hall–Kier alpha value is -3.39. The van der Waals surface area contributed by atoms with Crippen LogP contribution in [0.15, 0.2) is 59.4 Å². The van der Waals surface area contributed by atoms with Crippen molar-refractivity contribution in [3.63, 3.8) is 0 Å². The predicted octanol–water partition coefficient (Wildman–Crippen LogP) is 2.35. The number of rotatable bonds is 6. The second-order valence-electron chi connectivity index (χ2n) is 6.63. The molecule has 2 aromatic carbocycles. The Kier molecular flexibility index (Phi) is 6.13. The molecule has 0 radical (unpaired) electrons. The van der Waals surface area contributed by atoms with E-state index in [1.807, 2.05) is 0 Å². The molecule has 2 N–H and O–H groups in total. The highest BCUT2D eigenvalue weighted by molar-refractivity contribution is 5.94. The molecule has 1 atom stereocenters. The Morgan fingerprint density at radius 3 is 2.55 bits per heavy atom. The van der Waals surface area contributed by atoms with E-state index >= 15 is 0 Å². The van der Waals surface area contributed by atoms with Crippen LogP contribution in [0.4, 0.5) is 8.78 Å². The number of hydrogen-bond acceptors (Lipinski definition) is 4. The van der Waals surface area contributed by atoms with E-state index in [9.17, 15) is 23.5 Å². The van der Waals surface area contributed by atoms with Crippen LogP contribution in [0.25, 0.3) is 11.3 Å². The van der Waals surface area contributed by atoms with E-state index < -0.39 is 23.3 Å². The number of amides is 1. The van der Waals surface area contributed by atoms with Crippen LogP contribution in [0.3, 0.4) is 0 Å². The summed E-state index contributed by atoms with van der Waals surface area (Å²) in [7, 11) is 0. The minimum atomic E-state index is -0.740. The fraction of sp³-hybridized carbons (Fsp3) is 0.190. The lowest BCUT2D eigenvalue weighted by Crippen LogP contribution is -2.30. The smallest absolute Gasteiger partial charge is 0.267 e. The lowest BCUT2D eigenvalue weighted by molar-refractivity contribution is 0.0924. The normalized spacial score (nSPS) is 11.9. The fourth-order valence-electron chi connectivity index (χ4n) is 2.74. The molecule has 1 amide bonds. The number of aliphatic hydroxyl groups excluding tert-OH is 1. The van der Waals surface area contributed by atoms with Crippen LogP contribution >= 0.6 is 0 Å². The molecule has 0 saturated heterocycles. The Morgan fingerprint density at radius 2 is 1.86 bits per heavy atom. The molecule has 0 saturated carbocycles. The van der Waals surface area contributed by atoms with Gasteiger partial charge in [-0.1, -0.05) is 12.1 Å². The third-order valence-electron chi connectivity index (χ3n) is 4.10. The van der Waals surface area contributed by atoms with Crippen LogP contribution in [0, 0.1) is 11.6 Å². The average molecular weight is 399 g/mol. The van der Waals surface area contributed by atoms with Gasteiger partial charge in [0.25, 0.3) is 11.5 Å². The quantitative estimate of drug-likeness (QED) is 0.667. The van der Waals surface area contributed by atoms with Crippen molar-refractivity contribution in [2.45, 2.75) is 19.6 Å². The maximum atomic E-state index is 13.5. The standard InChI is InChI=1S/C21H19F2N3O3/c1-13(27)11-24-21(29)15-4-2-3-14(7-15)12-26-20(28)6-5-19(25-26)16-8-17(22)10-18(23)9-16/h2-10,13,27H,11-12H2,1H3,(H,24,29). The lowest BCUT2D eigenvalue weighted by atomic mass is 10.1. The molecule has 0 aliphatic carbocycles. The molecule has 6 nitrogen and oxygen atoms in total. The number of nitrogens with zero attached hydrogens (tertiary/aromatic N) is 2. The van der Waals surface area contributed by atoms with Crippen molar-refractivity contribution < 1.29 is 18.7 Å². The van der Waals surface area contributed by atoms with Gasteiger partial charge in [0.05, 0.1) is 18.3 Å². The summed E-state index contributed by atoms with van der Waals surface area (Å²) in [5.74, 6) is -1.83. The Balaban J connectivity index is 1.86. The van der Waals surface area contributed by atoms with Gasteiger partial charge in [0.2, 0.25) is 0 Å². The van der Waals surface area contributed by atoms with Crippen molar-refractivity contribution in [1.29, 1.82) is 0 Å². The van der Waals surface area contributed by atoms with Gasteiger partial charge in [-0.25, -0.2) is 13.5 Å². The first kappa shape index (κ1) is 20.3. The summed E-state index contributed by atoms with van der Waals surface area (Å²) in [5, 5.41) is 16.1. The topological polar surface area (TPSA) is 84.2 Å². The van der Waals surface area contributed by atoms with Gasteiger partial charge in [0, 0.05) is 29.8 Å². The van der Waals surface area contributed by atoms with E-state index in [0.29, 0.717) is 11.1 Å². The molecule has 0 bridgehead atoms. The van der Waals surface area contributed by atoms with E-state index in [1.54, 1.807) is 31.2 Å². The minimum absolute atomic E-state index is 0.0714. The first-order chi connectivity index (χ1) is 13.8. The van der Waals surface area contributed by atoms with E-state index in [1.165, 1.54) is 12.1 Å². The van der Waals surface area contributed by atoms with Crippen molar-refractivity contribution in [1.82, 2.24) is 15.1 Å². The van der Waals surface area contributed by atoms with Crippen LogP contribution in [-0.2, 0) is 6.54 Å². The summed E-state index contributed by atoms with van der Waals surface area (Å²) in [5.41, 5.74) is 1.08. The van der Waals surface area contributed by atoms with Gasteiger partial charge in [-0.3, -0.25) is 9.59 Å². The average Bonchev–Trinajstić information content (AvgIpc) is 2.67. The Morgan fingerprint density at radius 1 is 1.14 bits per heavy atom. The largest absolute Gasteiger partial charge is 0.392 e. The summed E-state index contributed by atoms with van der Waals surface area (Å²) in [6, 6.07) is 12.3. The number of aliphatic hydroxyl groups is 1. The molecule has 0 spiro atoms. The molecular weight excluding hydrogens is 380 g/mol. The lowest BCUT2D eigenvalue weighted by Gasteiger charge is -2.10. The SMILES string of the molecule is CC(O)CNC(=O)c1cccc(Cn2nc(-c3cc(F)cc(F)c3)ccc2=O)c1. The first-order valence-electron chi connectivity index (χ1n) is 8.91. The molecule has 3 aromatic rings. The van der Waals surface area contributed by atoms with Crippen molar-refractivity contribution in [2.75, 3.05) is 6.54 Å². The van der Waals surface area contributed by atoms with Crippen LogP contribution < -0.4 is 10.9 Å². The molecule has 0 fully saturated rings. The van der Waals surface area contributed by atoms with Crippen molar-refractivity contribution in [2.24, 2.45) is 0 Å². The molecule has 1 aromatic heterocycles. The van der Waals surface area contributed by atoms with E-state index in [-0.39, 0.29) is 30.3 Å². The number of benzene rings is 2. The summed E-state index contributed by atoms with van der Waals surface area (Å²) in [4.78, 5) is 24.3. The number of aromatic nitrogens is 2. The number of carbonyl (C=O) groups is 1. The van der Waals surface area contributed by atoms with E-state index in [0.717, 1.165) is 22.9 Å². The summed E-state index contributed by atoms with van der Waals surface area (Å²) < 4.78 is 28.1. The molecule has 29 heavy (non-hydrogen) atoms. The summed E-state index contributed by atoms with van der Waals surface area (Å²) in [6.45, 7) is 1.75. The van der Waals surface area contributed by atoms with Crippen LogP contribution in [0.1, 0.15) is 22.8 Å². The van der Waals surface area contributed by atoms with E-state index in [2.05, 4.69) is 10.4 Å². The van der Waals surface area contributed by atoms with Gasteiger partial charge in [-0.05, 0) is 42.8 Å². The predicted molar refractivity (Wildman–Crippen MR) is 103 cm³/mol. The molecule has 0 aliphatic heterocycles. The minimum Gasteiger partial charge on any atom is -0.392 e. The number of halogens is 2. The van der Waals surface area contributed by atoms with Gasteiger partial charge in [-0.2, -0.15) is 5.10 Å². The van der Waals surface area contributed by atoms with Gasteiger partial charge in [0.15, 0.2) is 0 Å². The van der Waals surface area contributed by atoms with Crippen LogP contribution in [-0.4, -0.2) is 33.4 Å². The molecular formula is C21H19F2N3O3. The van der Waals surface area contributed by atoms with Crippen LogP contribution in [0.5, 0.6) is 0 Å².